The standard InChI is InChI=1S/C24H23ClN4O2S/c25-17-4-1-15(2-5-17)10-12-28-21(23(31)29(24(28)32)19-7-8-19)14-22(30)27-18-6-3-16-9-11-26-20(16)13-18/h1-6,9,11,13,19,21,26H,7-8,10,12,14H2,(H,27,30). The molecule has 8 heteroatoms. The van der Waals surface area contributed by atoms with Crippen LogP contribution in [0.15, 0.2) is 54.7 Å². The molecule has 0 bridgehead atoms. The highest BCUT2D eigenvalue weighted by atomic mass is 35.5. The van der Waals surface area contributed by atoms with Crippen LogP contribution in [0.25, 0.3) is 10.9 Å². The number of fused-ring (bicyclic) bond motifs is 1. The molecule has 32 heavy (non-hydrogen) atoms. The minimum Gasteiger partial charge on any atom is -0.361 e. The van der Waals surface area contributed by atoms with Crippen LogP contribution in [0.4, 0.5) is 5.69 Å². The Morgan fingerprint density at radius 1 is 1.16 bits per heavy atom. The molecule has 1 aromatic heterocycles. The molecule has 1 unspecified atom stereocenters. The molecule has 2 amide bonds. The summed E-state index contributed by atoms with van der Waals surface area (Å²) in [6, 6.07) is 14.9. The third kappa shape index (κ3) is 4.23. The predicted octanol–water partition coefficient (Wildman–Crippen LogP) is 4.35. The number of hydrogen-bond acceptors (Lipinski definition) is 3. The Morgan fingerprint density at radius 2 is 1.94 bits per heavy atom. The fourth-order valence-corrected chi connectivity index (χ4v) is 4.78. The lowest BCUT2D eigenvalue weighted by atomic mass is 10.1. The van der Waals surface area contributed by atoms with E-state index in [0.717, 1.165) is 29.3 Å². The van der Waals surface area contributed by atoms with Crippen molar-refractivity contribution in [1.29, 1.82) is 0 Å². The second-order valence-corrected chi connectivity index (χ2v) is 9.14. The molecule has 1 saturated heterocycles. The number of aromatic nitrogens is 1. The molecular weight excluding hydrogens is 444 g/mol. The summed E-state index contributed by atoms with van der Waals surface area (Å²) in [4.78, 5) is 32.8. The zero-order chi connectivity index (χ0) is 22.2. The molecule has 0 radical (unpaired) electrons. The number of hydrogen-bond donors (Lipinski definition) is 2. The van der Waals surface area contributed by atoms with Crippen molar-refractivity contribution in [2.75, 3.05) is 11.9 Å². The molecular formula is C24H23ClN4O2S. The summed E-state index contributed by atoms with van der Waals surface area (Å²) in [5.74, 6) is -0.269. The lowest BCUT2D eigenvalue weighted by Gasteiger charge is -2.24. The van der Waals surface area contributed by atoms with Crippen LogP contribution in [0.2, 0.25) is 5.02 Å². The van der Waals surface area contributed by atoms with Gasteiger partial charge in [-0.2, -0.15) is 0 Å². The monoisotopic (exact) mass is 466 g/mol. The molecule has 2 heterocycles. The molecule has 0 spiro atoms. The fraction of sp³-hybridized carbons (Fsp3) is 0.292. The van der Waals surface area contributed by atoms with Gasteiger partial charge >= 0.3 is 0 Å². The molecule has 1 aliphatic heterocycles. The van der Waals surface area contributed by atoms with Crippen LogP contribution < -0.4 is 5.32 Å². The predicted molar refractivity (Wildman–Crippen MR) is 130 cm³/mol. The smallest absolute Gasteiger partial charge is 0.252 e. The van der Waals surface area contributed by atoms with Gasteiger partial charge < -0.3 is 15.2 Å². The number of amides is 2. The Kier molecular flexibility index (Phi) is 5.61. The van der Waals surface area contributed by atoms with Crippen molar-refractivity contribution >= 4 is 57.3 Å². The first-order chi connectivity index (χ1) is 15.5. The van der Waals surface area contributed by atoms with Crippen molar-refractivity contribution < 1.29 is 9.59 Å². The lowest BCUT2D eigenvalue weighted by molar-refractivity contribution is -0.131. The summed E-state index contributed by atoms with van der Waals surface area (Å²) in [6.45, 7) is 0.571. The average molecular weight is 467 g/mol. The number of nitrogens with one attached hydrogen (secondary N) is 2. The van der Waals surface area contributed by atoms with Crippen LogP contribution >= 0.6 is 23.8 Å². The maximum atomic E-state index is 13.2. The molecule has 164 valence electrons. The molecule has 6 nitrogen and oxygen atoms in total. The highest BCUT2D eigenvalue weighted by Gasteiger charge is 2.48. The molecule has 2 aliphatic rings. The normalized spacial score (nSPS) is 18.6. The van der Waals surface area contributed by atoms with Gasteiger partial charge in [0.25, 0.3) is 5.91 Å². The first kappa shape index (κ1) is 21.0. The van der Waals surface area contributed by atoms with Gasteiger partial charge in [-0.1, -0.05) is 29.8 Å². The molecule has 5 rings (SSSR count). The fourth-order valence-electron chi connectivity index (χ4n) is 4.19. The van der Waals surface area contributed by atoms with Gasteiger partial charge in [0.1, 0.15) is 6.04 Å². The van der Waals surface area contributed by atoms with E-state index in [-0.39, 0.29) is 24.3 Å². The Hall–Kier alpha value is -2.90. The van der Waals surface area contributed by atoms with E-state index in [1.54, 1.807) is 4.90 Å². The molecule has 1 atom stereocenters. The Bertz CT molecular complexity index is 1190. The maximum absolute atomic E-state index is 13.2. The third-order valence-electron chi connectivity index (χ3n) is 6.03. The number of benzene rings is 2. The van der Waals surface area contributed by atoms with Crippen LogP contribution in [-0.2, 0) is 16.0 Å². The van der Waals surface area contributed by atoms with E-state index in [4.69, 9.17) is 23.8 Å². The van der Waals surface area contributed by atoms with Gasteiger partial charge in [0.2, 0.25) is 5.91 Å². The van der Waals surface area contributed by atoms with Crippen LogP contribution in [0.5, 0.6) is 0 Å². The van der Waals surface area contributed by atoms with Gasteiger partial charge in [-0.25, -0.2) is 0 Å². The van der Waals surface area contributed by atoms with Gasteiger partial charge in [0.15, 0.2) is 5.11 Å². The van der Waals surface area contributed by atoms with Crippen molar-refractivity contribution in [3.63, 3.8) is 0 Å². The third-order valence-corrected chi connectivity index (χ3v) is 6.72. The van der Waals surface area contributed by atoms with E-state index in [9.17, 15) is 9.59 Å². The molecule has 1 saturated carbocycles. The average Bonchev–Trinajstić information content (AvgIpc) is 3.44. The summed E-state index contributed by atoms with van der Waals surface area (Å²) >= 11 is 11.7. The summed E-state index contributed by atoms with van der Waals surface area (Å²) in [6.07, 6.45) is 4.56. The zero-order valence-corrected chi connectivity index (χ0v) is 19.0. The Balaban J connectivity index is 1.30. The van der Waals surface area contributed by atoms with Gasteiger partial charge in [-0.15, -0.1) is 0 Å². The first-order valence-electron chi connectivity index (χ1n) is 10.7. The second kappa shape index (κ2) is 8.56. The minimum atomic E-state index is -0.579. The lowest BCUT2D eigenvalue weighted by Crippen LogP contribution is -2.39. The topological polar surface area (TPSA) is 68.4 Å². The van der Waals surface area contributed by atoms with Crippen molar-refractivity contribution in [3.8, 4) is 0 Å². The van der Waals surface area contributed by atoms with Crippen LogP contribution in [0.1, 0.15) is 24.8 Å². The Morgan fingerprint density at radius 3 is 2.69 bits per heavy atom. The molecule has 2 aromatic carbocycles. The quantitative estimate of drug-likeness (QED) is 0.508. The number of aromatic amines is 1. The van der Waals surface area contributed by atoms with Crippen molar-refractivity contribution in [2.45, 2.75) is 37.8 Å². The van der Waals surface area contributed by atoms with Crippen LogP contribution in [0, 0.1) is 0 Å². The van der Waals surface area contributed by atoms with Crippen molar-refractivity contribution in [3.05, 3.63) is 65.3 Å². The molecule has 2 N–H and O–H groups in total. The van der Waals surface area contributed by atoms with Crippen LogP contribution in [0.3, 0.4) is 0 Å². The van der Waals surface area contributed by atoms with Crippen LogP contribution in [-0.4, -0.2) is 50.3 Å². The van der Waals surface area contributed by atoms with E-state index >= 15 is 0 Å². The number of anilines is 1. The summed E-state index contributed by atoms with van der Waals surface area (Å²) in [5.41, 5.74) is 2.76. The summed E-state index contributed by atoms with van der Waals surface area (Å²) < 4.78 is 0. The van der Waals surface area contributed by atoms with Gasteiger partial charge in [0, 0.05) is 35.0 Å². The molecule has 1 aliphatic carbocycles. The maximum Gasteiger partial charge on any atom is 0.252 e. The zero-order valence-electron chi connectivity index (χ0n) is 17.4. The number of H-pyrrole nitrogens is 1. The Labute approximate surface area is 196 Å². The second-order valence-electron chi connectivity index (χ2n) is 8.34. The largest absolute Gasteiger partial charge is 0.361 e. The van der Waals surface area contributed by atoms with E-state index in [1.165, 1.54) is 0 Å². The van der Waals surface area contributed by atoms with E-state index < -0.39 is 6.04 Å². The number of halogens is 1. The van der Waals surface area contributed by atoms with Crippen molar-refractivity contribution in [2.24, 2.45) is 0 Å². The number of carbonyl (C=O) groups is 2. The SMILES string of the molecule is O=C(CC1C(=O)N(C2CC2)C(=S)N1CCc1ccc(Cl)cc1)Nc1ccc2cc[nH]c2c1. The highest BCUT2D eigenvalue weighted by molar-refractivity contribution is 7.80. The summed E-state index contributed by atoms with van der Waals surface area (Å²) in [5, 5.41) is 5.24. The first-order valence-corrected chi connectivity index (χ1v) is 11.5. The summed E-state index contributed by atoms with van der Waals surface area (Å²) in [7, 11) is 0. The molecule has 3 aromatic rings. The van der Waals surface area contributed by atoms with E-state index in [1.807, 2.05) is 59.6 Å². The number of thiocarbonyl (C=S) groups is 1. The van der Waals surface area contributed by atoms with Crippen molar-refractivity contribution in [1.82, 2.24) is 14.8 Å². The highest BCUT2D eigenvalue weighted by Crippen LogP contribution is 2.34. The number of rotatable bonds is 7. The van der Waals surface area contributed by atoms with Gasteiger partial charge in [0.05, 0.1) is 6.42 Å². The number of carbonyl (C=O) groups excluding carboxylic acids is 2. The van der Waals surface area contributed by atoms with E-state index in [2.05, 4.69) is 10.3 Å². The molecule has 2 fully saturated rings. The number of nitrogens with zero attached hydrogens (tertiary/aromatic N) is 2. The van der Waals surface area contributed by atoms with Gasteiger partial charge in [-0.3, -0.25) is 14.5 Å². The minimum absolute atomic E-state index is 0.0611. The van der Waals surface area contributed by atoms with Gasteiger partial charge in [-0.05, 0) is 72.8 Å². The van der Waals surface area contributed by atoms with E-state index in [0.29, 0.717) is 28.8 Å².